The van der Waals surface area contributed by atoms with Crippen LogP contribution in [0.3, 0.4) is 0 Å². The van der Waals surface area contributed by atoms with Crippen LogP contribution in [-0.4, -0.2) is 0 Å². The topological polar surface area (TPSA) is 0 Å². The highest BCUT2D eigenvalue weighted by molar-refractivity contribution is 5.21. The van der Waals surface area contributed by atoms with Crippen molar-refractivity contribution in [1.82, 2.24) is 0 Å². The van der Waals surface area contributed by atoms with E-state index in [9.17, 15) is 0 Å². The second-order valence-corrected chi connectivity index (χ2v) is 4.16. The summed E-state index contributed by atoms with van der Waals surface area (Å²) in [6.45, 7) is 6.04. The van der Waals surface area contributed by atoms with Gasteiger partial charge in [0, 0.05) is 0 Å². The summed E-state index contributed by atoms with van der Waals surface area (Å²) >= 11 is 0. The Balaban J connectivity index is 1.82. The van der Waals surface area contributed by atoms with Crippen molar-refractivity contribution in [2.45, 2.75) is 51.9 Å². The smallest absolute Gasteiger partial charge is 0.0194 e. The van der Waals surface area contributed by atoms with E-state index in [2.05, 4.69) is 19.6 Å². The average molecular weight is 178 g/mol. The van der Waals surface area contributed by atoms with E-state index in [1.54, 1.807) is 5.57 Å². The molecule has 0 spiro atoms. The van der Waals surface area contributed by atoms with Gasteiger partial charge in [-0.2, -0.15) is 0 Å². The Morgan fingerprint density at radius 3 is 2.38 bits per heavy atom. The molecular weight excluding hydrogens is 156 g/mol. The van der Waals surface area contributed by atoms with E-state index in [0.717, 1.165) is 5.92 Å². The first-order valence-electron chi connectivity index (χ1n) is 5.64. The van der Waals surface area contributed by atoms with Crippen molar-refractivity contribution in [2.24, 2.45) is 5.92 Å². The molecule has 0 aromatic rings. The Bertz CT molecular complexity index is 176. The minimum atomic E-state index is 0.917. The molecule has 0 N–H and O–H groups in total. The van der Waals surface area contributed by atoms with Crippen molar-refractivity contribution in [2.75, 3.05) is 0 Å². The molecule has 1 rings (SSSR count). The normalized spacial score (nSPS) is 23.5. The van der Waals surface area contributed by atoms with Crippen molar-refractivity contribution in [3.05, 3.63) is 24.3 Å². The van der Waals surface area contributed by atoms with Crippen LogP contribution in [0.5, 0.6) is 0 Å². The quantitative estimate of drug-likeness (QED) is 0.398. The third kappa shape index (κ3) is 4.92. The maximum atomic E-state index is 3.72. The lowest BCUT2D eigenvalue weighted by Gasteiger charge is -1.95. The molecule has 1 fully saturated rings. The van der Waals surface area contributed by atoms with Gasteiger partial charge in [-0.25, -0.2) is 0 Å². The standard InChI is InChI=1S/C13H22/c1-3-4-5-6-7-8-9-10-13-11-12(13)2/h3,10,12H,1,4-9,11H2,2H3. The number of allylic oxidation sites excluding steroid dienone is 3. The first kappa shape index (κ1) is 10.6. The molecule has 0 aromatic heterocycles. The van der Waals surface area contributed by atoms with Crippen LogP contribution >= 0.6 is 0 Å². The Morgan fingerprint density at radius 2 is 1.85 bits per heavy atom. The van der Waals surface area contributed by atoms with Crippen LogP contribution in [0, 0.1) is 5.92 Å². The summed E-state index contributed by atoms with van der Waals surface area (Å²) in [5.74, 6) is 0.917. The molecule has 0 heterocycles. The molecule has 0 saturated heterocycles. The summed E-state index contributed by atoms with van der Waals surface area (Å²) in [5.41, 5.74) is 1.70. The van der Waals surface area contributed by atoms with Gasteiger partial charge in [0.2, 0.25) is 0 Å². The Labute approximate surface area is 82.7 Å². The highest BCUT2D eigenvalue weighted by Gasteiger charge is 2.22. The molecule has 74 valence electrons. The van der Waals surface area contributed by atoms with Crippen LogP contribution in [-0.2, 0) is 0 Å². The molecule has 1 aliphatic rings. The predicted octanol–water partition coefficient (Wildman–Crippen LogP) is 4.48. The number of rotatable bonds is 7. The van der Waals surface area contributed by atoms with E-state index in [1.807, 2.05) is 6.08 Å². The highest BCUT2D eigenvalue weighted by atomic mass is 14.3. The second-order valence-electron chi connectivity index (χ2n) is 4.16. The maximum absolute atomic E-state index is 3.72. The Morgan fingerprint density at radius 1 is 1.23 bits per heavy atom. The summed E-state index contributed by atoms with van der Waals surface area (Å²) < 4.78 is 0. The summed E-state index contributed by atoms with van der Waals surface area (Å²) in [7, 11) is 0. The van der Waals surface area contributed by atoms with Crippen molar-refractivity contribution >= 4 is 0 Å². The molecule has 1 unspecified atom stereocenters. The van der Waals surface area contributed by atoms with E-state index >= 15 is 0 Å². The maximum Gasteiger partial charge on any atom is -0.0194 e. The van der Waals surface area contributed by atoms with Crippen molar-refractivity contribution in [3.63, 3.8) is 0 Å². The minimum Gasteiger partial charge on any atom is -0.103 e. The van der Waals surface area contributed by atoms with E-state index in [0.29, 0.717) is 0 Å². The van der Waals surface area contributed by atoms with E-state index < -0.39 is 0 Å². The van der Waals surface area contributed by atoms with Crippen LogP contribution in [0.25, 0.3) is 0 Å². The zero-order valence-corrected chi connectivity index (χ0v) is 8.89. The Kier molecular flexibility index (Phi) is 4.88. The molecule has 0 nitrogen and oxygen atoms in total. The van der Waals surface area contributed by atoms with Gasteiger partial charge < -0.3 is 0 Å². The van der Waals surface area contributed by atoms with Crippen LogP contribution in [0.4, 0.5) is 0 Å². The molecule has 0 aromatic carbocycles. The fourth-order valence-corrected chi connectivity index (χ4v) is 1.65. The molecule has 13 heavy (non-hydrogen) atoms. The lowest BCUT2D eigenvalue weighted by atomic mass is 10.1. The van der Waals surface area contributed by atoms with Gasteiger partial charge in [0.05, 0.1) is 0 Å². The van der Waals surface area contributed by atoms with Gasteiger partial charge in [0.25, 0.3) is 0 Å². The molecule has 1 aliphatic carbocycles. The molecule has 0 bridgehead atoms. The summed E-state index contributed by atoms with van der Waals surface area (Å²) in [4.78, 5) is 0. The van der Waals surface area contributed by atoms with E-state index in [1.165, 1.54) is 44.9 Å². The third-order valence-electron chi connectivity index (χ3n) is 2.78. The molecule has 0 heteroatoms. The van der Waals surface area contributed by atoms with Gasteiger partial charge in [0.15, 0.2) is 0 Å². The van der Waals surface area contributed by atoms with Crippen LogP contribution < -0.4 is 0 Å². The lowest BCUT2D eigenvalue weighted by Crippen LogP contribution is -1.76. The average Bonchev–Trinajstić information content (AvgIpc) is 2.81. The monoisotopic (exact) mass is 178 g/mol. The zero-order valence-electron chi connectivity index (χ0n) is 8.89. The molecular formula is C13H22. The third-order valence-corrected chi connectivity index (χ3v) is 2.78. The molecule has 1 atom stereocenters. The summed E-state index contributed by atoms with van der Waals surface area (Å²) in [6, 6.07) is 0. The highest BCUT2D eigenvalue weighted by Crippen LogP contribution is 2.37. The summed E-state index contributed by atoms with van der Waals surface area (Å²) in [6.07, 6.45) is 13.8. The van der Waals surface area contributed by atoms with E-state index in [4.69, 9.17) is 0 Å². The van der Waals surface area contributed by atoms with Crippen molar-refractivity contribution < 1.29 is 0 Å². The minimum absolute atomic E-state index is 0.917. The second kappa shape index (κ2) is 6.01. The van der Waals surface area contributed by atoms with Crippen LogP contribution in [0.15, 0.2) is 24.3 Å². The van der Waals surface area contributed by atoms with Gasteiger partial charge in [-0.3, -0.25) is 0 Å². The lowest BCUT2D eigenvalue weighted by molar-refractivity contribution is 0.652. The zero-order chi connectivity index (χ0) is 9.52. The first-order chi connectivity index (χ1) is 6.34. The number of hydrogen-bond donors (Lipinski definition) is 0. The van der Waals surface area contributed by atoms with Crippen molar-refractivity contribution in [3.8, 4) is 0 Å². The van der Waals surface area contributed by atoms with Crippen molar-refractivity contribution in [1.29, 1.82) is 0 Å². The van der Waals surface area contributed by atoms with Gasteiger partial charge in [-0.1, -0.05) is 37.5 Å². The van der Waals surface area contributed by atoms with Crippen LogP contribution in [0.2, 0.25) is 0 Å². The molecule has 1 saturated carbocycles. The predicted molar refractivity (Wildman–Crippen MR) is 59.8 cm³/mol. The van der Waals surface area contributed by atoms with Gasteiger partial charge in [-0.15, -0.1) is 6.58 Å². The van der Waals surface area contributed by atoms with Gasteiger partial charge in [0.1, 0.15) is 0 Å². The first-order valence-corrected chi connectivity index (χ1v) is 5.64. The molecule has 0 radical (unpaired) electrons. The van der Waals surface area contributed by atoms with Gasteiger partial charge >= 0.3 is 0 Å². The molecule has 0 amide bonds. The summed E-state index contributed by atoms with van der Waals surface area (Å²) in [5, 5.41) is 0. The fraction of sp³-hybridized carbons (Fsp3) is 0.692. The SMILES string of the molecule is C=CCCCCCCC=C1CC1C. The molecule has 0 aliphatic heterocycles. The fourth-order valence-electron chi connectivity index (χ4n) is 1.65. The number of unbranched alkanes of at least 4 members (excludes halogenated alkanes) is 5. The van der Waals surface area contributed by atoms with Gasteiger partial charge in [-0.05, 0) is 38.0 Å². The number of hydrogen-bond acceptors (Lipinski definition) is 0. The van der Waals surface area contributed by atoms with E-state index in [-0.39, 0.29) is 0 Å². The van der Waals surface area contributed by atoms with Crippen LogP contribution in [0.1, 0.15) is 51.9 Å². The largest absolute Gasteiger partial charge is 0.103 e. The Hall–Kier alpha value is -0.520.